The van der Waals surface area contributed by atoms with Crippen LogP contribution in [0.1, 0.15) is 47.6 Å². The SMILES string of the molecule is CC(Nc1ccc(Cl)nc1C(=O)O)c1cc(F)cc2nc(C#N)c(NCC3CC3)nc12. The highest BCUT2D eigenvalue weighted by atomic mass is 35.5. The van der Waals surface area contributed by atoms with Crippen LogP contribution >= 0.6 is 11.6 Å². The molecule has 0 saturated heterocycles. The van der Waals surface area contributed by atoms with Crippen molar-refractivity contribution in [1.29, 1.82) is 5.26 Å². The van der Waals surface area contributed by atoms with Gasteiger partial charge in [-0.25, -0.2) is 24.1 Å². The third-order valence-electron chi connectivity index (χ3n) is 5.03. The van der Waals surface area contributed by atoms with Crippen LogP contribution in [0.25, 0.3) is 11.0 Å². The lowest BCUT2D eigenvalue weighted by atomic mass is 10.0. The standard InChI is InChI=1S/C21H18ClFN6O2/c1-10(26-14-4-5-17(22)28-19(14)21(30)31)13-6-12(23)7-15-18(13)29-20(16(8-24)27-15)25-9-11-2-3-11/h4-7,10-11,26H,2-3,9H2,1H3,(H,25,29)(H,30,31). The second-order valence-electron chi connectivity index (χ2n) is 7.42. The third kappa shape index (κ3) is 4.49. The molecule has 1 saturated carbocycles. The van der Waals surface area contributed by atoms with E-state index in [2.05, 4.69) is 25.6 Å². The number of carboxylic acid groups (broad SMARTS) is 1. The van der Waals surface area contributed by atoms with Crippen molar-refractivity contribution in [3.63, 3.8) is 0 Å². The summed E-state index contributed by atoms with van der Waals surface area (Å²) in [4.78, 5) is 24.2. The number of nitriles is 1. The topological polar surface area (TPSA) is 124 Å². The molecule has 31 heavy (non-hydrogen) atoms. The Labute approximate surface area is 182 Å². The van der Waals surface area contributed by atoms with Gasteiger partial charge in [-0.15, -0.1) is 0 Å². The second-order valence-corrected chi connectivity index (χ2v) is 7.81. The van der Waals surface area contributed by atoms with Gasteiger partial charge in [-0.2, -0.15) is 5.26 Å². The van der Waals surface area contributed by atoms with Gasteiger partial charge < -0.3 is 15.7 Å². The number of hydrogen-bond acceptors (Lipinski definition) is 7. The first-order valence-corrected chi connectivity index (χ1v) is 10.0. The number of fused-ring (bicyclic) bond motifs is 1. The van der Waals surface area contributed by atoms with E-state index in [-0.39, 0.29) is 27.7 Å². The quantitative estimate of drug-likeness (QED) is 0.462. The predicted molar refractivity (Wildman–Crippen MR) is 114 cm³/mol. The molecule has 2 heterocycles. The van der Waals surface area contributed by atoms with Crippen LogP contribution in [0.15, 0.2) is 24.3 Å². The van der Waals surface area contributed by atoms with E-state index in [0.717, 1.165) is 12.8 Å². The van der Waals surface area contributed by atoms with Crippen LogP contribution in [0.4, 0.5) is 15.9 Å². The van der Waals surface area contributed by atoms with Crippen molar-refractivity contribution in [2.45, 2.75) is 25.8 Å². The summed E-state index contributed by atoms with van der Waals surface area (Å²) in [7, 11) is 0. The molecule has 2 aromatic heterocycles. The molecular formula is C21H18ClFN6O2. The van der Waals surface area contributed by atoms with Crippen molar-refractivity contribution >= 4 is 40.1 Å². The van der Waals surface area contributed by atoms with Crippen molar-refractivity contribution in [3.05, 3.63) is 52.2 Å². The Morgan fingerprint density at radius 2 is 2.13 bits per heavy atom. The van der Waals surface area contributed by atoms with Gasteiger partial charge in [0.2, 0.25) is 0 Å². The Balaban J connectivity index is 1.74. The fraction of sp³-hybridized carbons (Fsp3) is 0.286. The zero-order valence-corrected chi connectivity index (χ0v) is 17.2. The van der Waals surface area contributed by atoms with Gasteiger partial charge in [0.15, 0.2) is 17.2 Å². The van der Waals surface area contributed by atoms with Gasteiger partial charge in [-0.3, -0.25) is 0 Å². The maximum atomic E-state index is 14.3. The Morgan fingerprint density at radius 1 is 1.35 bits per heavy atom. The normalized spacial score (nSPS) is 14.1. The monoisotopic (exact) mass is 440 g/mol. The molecule has 10 heteroatoms. The smallest absolute Gasteiger partial charge is 0.356 e. The van der Waals surface area contributed by atoms with E-state index in [9.17, 15) is 19.6 Å². The molecule has 0 radical (unpaired) electrons. The van der Waals surface area contributed by atoms with Gasteiger partial charge in [0.1, 0.15) is 17.0 Å². The van der Waals surface area contributed by atoms with Crippen LogP contribution in [0.2, 0.25) is 5.15 Å². The fourth-order valence-corrected chi connectivity index (χ4v) is 3.42. The van der Waals surface area contributed by atoms with Gasteiger partial charge in [0, 0.05) is 18.2 Å². The number of aromatic carboxylic acids is 1. The summed E-state index contributed by atoms with van der Waals surface area (Å²) in [5, 5.41) is 25.1. The Morgan fingerprint density at radius 3 is 2.81 bits per heavy atom. The lowest BCUT2D eigenvalue weighted by molar-refractivity contribution is 0.0691. The summed E-state index contributed by atoms with van der Waals surface area (Å²) >= 11 is 5.81. The number of carbonyl (C=O) groups is 1. The van der Waals surface area contributed by atoms with E-state index in [0.29, 0.717) is 29.4 Å². The number of carboxylic acids is 1. The molecule has 1 aromatic carbocycles. The number of nitrogens with zero attached hydrogens (tertiary/aromatic N) is 4. The Bertz CT molecular complexity index is 1220. The van der Waals surface area contributed by atoms with Crippen LogP contribution in [0, 0.1) is 23.1 Å². The molecule has 1 aliphatic carbocycles. The Kier molecular flexibility index (Phi) is 5.57. The van der Waals surface area contributed by atoms with E-state index < -0.39 is 17.8 Å². The number of hydrogen-bond donors (Lipinski definition) is 3. The average molecular weight is 441 g/mol. The minimum atomic E-state index is -1.24. The molecule has 3 N–H and O–H groups in total. The molecule has 158 valence electrons. The molecule has 0 spiro atoms. The number of rotatable bonds is 7. The fourth-order valence-electron chi connectivity index (χ4n) is 3.27. The summed E-state index contributed by atoms with van der Waals surface area (Å²) in [5.41, 5.74) is 1.20. The first-order valence-electron chi connectivity index (χ1n) is 9.67. The summed E-state index contributed by atoms with van der Waals surface area (Å²) < 4.78 is 14.3. The number of benzene rings is 1. The maximum absolute atomic E-state index is 14.3. The minimum Gasteiger partial charge on any atom is -0.476 e. The molecule has 3 aromatic rings. The summed E-state index contributed by atoms with van der Waals surface area (Å²) in [5.74, 6) is -0.877. The first-order chi connectivity index (χ1) is 14.9. The first kappa shape index (κ1) is 20.8. The summed E-state index contributed by atoms with van der Waals surface area (Å²) in [6.45, 7) is 2.43. The molecule has 1 unspecified atom stereocenters. The highest BCUT2D eigenvalue weighted by Gasteiger charge is 2.23. The van der Waals surface area contributed by atoms with Crippen LogP contribution in [0.5, 0.6) is 0 Å². The van der Waals surface area contributed by atoms with Crippen molar-refractivity contribution in [3.8, 4) is 6.07 Å². The van der Waals surface area contributed by atoms with Crippen LogP contribution < -0.4 is 10.6 Å². The van der Waals surface area contributed by atoms with E-state index in [1.165, 1.54) is 24.3 Å². The second kappa shape index (κ2) is 8.32. The van der Waals surface area contributed by atoms with Gasteiger partial charge in [0.05, 0.1) is 22.8 Å². The lowest BCUT2D eigenvalue weighted by Gasteiger charge is -2.19. The molecular weight excluding hydrogens is 423 g/mol. The summed E-state index contributed by atoms with van der Waals surface area (Å²) in [6, 6.07) is 6.96. The molecule has 0 aliphatic heterocycles. The predicted octanol–water partition coefficient (Wildman–Crippen LogP) is 4.38. The minimum absolute atomic E-state index is 0.0492. The number of anilines is 2. The number of halogens is 2. The van der Waals surface area contributed by atoms with Gasteiger partial charge in [0.25, 0.3) is 0 Å². The molecule has 8 nitrogen and oxygen atoms in total. The zero-order chi connectivity index (χ0) is 22.1. The Hall–Kier alpha value is -3.51. The third-order valence-corrected chi connectivity index (χ3v) is 5.24. The van der Waals surface area contributed by atoms with Crippen LogP contribution in [-0.4, -0.2) is 32.6 Å². The number of nitrogens with one attached hydrogen (secondary N) is 2. The lowest BCUT2D eigenvalue weighted by Crippen LogP contribution is -2.14. The van der Waals surface area contributed by atoms with Crippen molar-refractivity contribution in [2.75, 3.05) is 17.2 Å². The molecule has 1 aliphatic rings. The zero-order valence-electron chi connectivity index (χ0n) is 16.5. The largest absolute Gasteiger partial charge is 0.476 e. The molecule has 1 fully saturated rings. The number of pyridine rings is 1. The molecule has 0 bridgehead atoms. The van der Waals surface area contributed by atoms with E-state index in [1.54, 1.807) is 6.92 Å². The highest BCUT2D eigenvalue weighted by molar-refractivity contribution is 6.29. The average Bonchev–Trinajstić information content (AvgIpc) is 3.56. The van der Waals surface area contributed by atoms with Gasteiger partial charge >= 0.3 is 5.97 Å². The van der Waals surface area contributed by atoms with Gasteiger partial charge in [-0.1, -0.05) is 11.6 Å². The number of aromatic nitrogens is 3. The maximum Gasteiger partial charge on any atom is 0.356 e. The van der Waals surface area contributed by atoms with Crippen LogP contribution in [0.3, 0.4) is 0 Å². The summed E-state index contributed by atoms with van der Waals surface area (Å²) in [6.07, 6.45) is 2.27. The molecule has 1 atom stereocenters. The van der Waals surface area contributed by atoms with Crippen LogP contribution in [-0.2, 0) is 0 Å². The molecule has 4 rings (SSSR count). The van der Waals surface area contributed by atoms with Gasteiger partial charge in [-0.05, 0) is 43.9 Å². The molecule has 0 amide bonds. The van der Waals surface area contributed by atoms with E-state index in [1.807, 2.05) is 6.07 Å². The van der Waals surface area contributed by atoms with Crippen molar-refractivity contribution in [1.82, 2.24) is 15.0 Å². The van der Waals surface area contributed by atoms with Crippen molar-refractivity contribution in [2.24, 2.45) is 5.92 Å². The van der Waals surface area contributed by atoms with E-state index >= 15 is 0 Å². The van der Waals surface area contributed by atoms with Crippen molar-refractivity contribution < 1.29 is 14.3 Å². The van der Waals surface area contributed by atoms with E-state index in [4.69, 9.17) is 11.6 Å². The highest BCUT2D eigenvalue weighted by Crippen LogP contribution is 2.31.